The van der Waals surface area contributed by atoms with Crippen LogP contribution in [0.1, 0.15) is 13.3 Å². The van der Waals surface area contributed by atoms with Crippen LogP contribution in [0.25, 0.3) is 0 Å². The van der Waals surface area contributed by atoms with Crippen molar-refractivity contribution in [2.24, 2.45) is 0 Å². The Bertz CT molecular complexity index is 835. The summed E-state index contributed by atoms with van der Waals surface area (Å²) in [5, 5.41) is 2.74. The van der Waals surface area contributed by atoms with Gasteiger partial charge in [-0.25, -0.2) is 4.39 Å². The van der Waals surface area contributed by atoms with Crippen molar-refractivity contribution in [3.05, 3.63) is 54.3 Å². The van der Waals surface area contributed by atoms with Crippen molar-refractivity contribution in [2.45, 2.75) is 13.3 Å². The first-order valence-corrected chi connectivity index (χ1v) is 9.37. The Morgan fingerprint density at radius 1 is 1.04 bits per heavy atom. The van der Waals surface area contributed by atoms with E-state index in [0.717, 1.165) is 0 Å². The number of benzene rings is 2. The van der Waals surface area contributed by atoms with Gasteiger partial charge in [0, 0.05) is 26.2 Å². The SMILES string of the molecule is CCOc1ccccc1NC(=O)CC(=O)N1CCN(c2ccccc2F)CC1. The van der Waals surface area contributed by atoms with E-state index in [2.05, 4.69) is 5.32 Å². The average Bonchev–Trinajstić information content (AvgIpc) is 2.70. The standard InChI is InChI=1S/C21H24FN3O3/c1-2-28-19-10-6-4-8-17(19)23-20(26)15-21(27)25-13-11-24(12-14-25)18-9-5-3-7-16(18)22/h3-10H,2,11-15H2,1H3,(H,23,26). The Labute approximate surface area is 163 Å². The minimum atomic E-state index is -0.381. The molecule has 2 aromatic rings. The molecule has 3 rings (SSSR count). The summed E-state index contributed by atoms with van der Waals surface area (Å²) in [6.45, 7) is 4.32. The maximum Gasteiger partial charge on any atom is 0.233 e. The first kappa shape index (κ1) is 19.7. The molecule has 6 nitrogen and oxygen atoms in total. The predicted molar refractivity (Wildman–Crippen MR) is 106 cm³/mol. The lowest BCUT2D eigenvalue weighted by atomic mass is 10.2. The van der Waals surface area contributed by atoms with E-state index in [1.165, 1.54) is 6.07 Å². The van der Waals surface area contributed by atoms with Crippen molar-refractivity contribution in [3.63, 3.8) is 0 Å². The lowest BCUT2D eigenvalue weighted by molar-refractivity contribution is -0.134. The molecule has 0 aromatic heterocycles. The maximum absolute atomic E-state index is 13.9. The molecule has 1 aliphatic heterocycles. The monoisotopic (exact) mass is 385 g/mol. The van der Waals surface area contributed by atoms with Gasteiger partial charge in [0.25, 0.3) is 0 Å². The van der Waals surface area contributed by atoms with Crippen LogP contribution in [0.2, 0.25) is 0 Å². The summed E-state index contributed by atoms with van der Waals surface area (Å²) >= 11 is 0. The number of carbonyl (C=O) groups is 2. The van der Waals surface area contributed by atoms with E-state index >= 15 is 0 Å². The van der Waals surface area contributed by atoms with Crippen LogP contribution in [-0.2, 0) is 9.59 Å². The van der Waals surface area contributed by atoms with Gasteiger partial charge in [-0.1, -0.05) is 24.3 Å². The molecule has 1 N–H and O–H groups in total. The molecular formula is C21H24FN3O3. The second-order valence-electron chi connectivity index (χ2n) is 6.47. The molecule has 2 amide bonds. The summed E-state index contributed by atoms with van der Waals surface area (Å²) in [7, 11) is 0. The summed E-state index contributed by atoms with van der Waals surface area (Å²) in [6, 6.07) is 13.7. The van der Waals surface area contributed by atoms with Crippen molar-refractivity contribution in [3.8, 4) is 5.75 Å². The topological polar surface area (TPSA) is 61.9 Å². The molecule has 0 radical (unpaired) electrons. The van der Waals surface area contributed by atoms with Crippen molar-refractivity contribution in [1.29, 1.82) is 0 Å². The van der Waals surface area contributed by atoms with Crippen LogP contribution in [0.3, 0.4) is 0 Å². The van der Waals surface area contributed by atoms with Crippen LogP contribution in [0, 0.1) is 5.82 Å². The molecule has 1 fully saturated rings. The van der Waals surface area contributed by atoms with Gasteiger partial charge in [0.1, 0.15) is 18.0 Å². The summed E-state index contributed by atoms with van der Waals surface area (Å²) < 4.78 is 19.4. The molecule has 28 heavy (non-hydrogen) atoms. The summed E-state index contributed by atoms with van der Waals surface area (Å²) in [6.07, 6.45) is -0.236. The second kappa shape index (κ2) is 9.21. The van der Waals surface area contributed by atoms with Crippen LogP contribution in [0.4, 0.5) is 15.8 Å². The first-order chi connectivity index (χ1) is 13.6. The molecular weight excluding hydrogens is 361 g/mol. The first-order valence-electron chi connectivity index (χ1n) is 9.37. The van der Waals surface area contributed by atoms with Gasteiger partial charge < -0.3 is 19.9 Å². The van der Waals surface area contributed by atoms with Gasteiger partial charge in [0.2, 0.25) is 11.8 Å². The largest absolute Gasteiger partial charge is 0.492 e. The van der Waals surface area contributed by atoms with E-state index in [4.69, 9.17) is 4.74 Å². The minimum Gasteiger partial charge on any atom is -0.492 e. The number of hydrogen-bond acceptors (Lipinski definition) is 4. The van der Waals surface area contributed by atoms with E-state index in [0.29, 0.717) is 49.9 Å². The average molecular weight is 385 g/mol. The molecule has 0 bridgehead atoms. The third-order valence-corrected chi connectivity index (χ3v) is 4.60. The third kappa shape index (κ3) is 4.79. The zero-order valence-corrected chi connectivity index (χ0v) is 15.9. The number of para-hydroxylation sites is 3. The molecule has 0 unspecified atom stereocenters. The minimum absolute atomic E-state index is 0.236. The highest BCUT2D eigenvalue weighted by Gasteiger charge is 2.24. The van der Waals surface area contributed by atoms with Crippen LogP contribution in [0.15, 0.2) is 48.5 Å². The summed E-state index contributed by atoms with van der Waals surface area (Å²) in [4.78, 5) is 28.3. The van der Waals surface area contributed by atoms with Gasteiger partial charge in [0.15, 0.2) is 0 Å². The van der Waals surface area contributed by atoms with E-state index in [1.54, 1.807) is 41.3 Å². The Hall–Kier alpha value is -3.09. The molecule has 0 spiro atoms. The number of hydrogen-bond donors (Lipinski definition) is 1. The number of halogens is 1. The molecule has 1 saturated heterocycles. The molecule has 0 atom stereocenters. The molecule has 1 aliphatic rings. The highest BCUT2D eigenvalue weighted by Crippen LogP contribution is 2.24. The fraction of sp³-hybridized carbons (Fsp3) is 0.333. The zero-order valence-electron chi connectivity index (χ0n) is 15.9. The van der Waals surface area contributed by atoms with Gasteiger partial charge in [-0.05, 0) is 31.2 Å². The van der Waals surface area contributed by atoms with E-state index in [9.17, 15) is 14.0 Å². The molecule has 2 aromatic carbocycles. The highest BCUT2D eigenvalue weighted by molar-refractivity contribution is 6.04. The Kier molecular flexibility index (Phi) is 6.47. The molecule has 1 heterocycles. The van der Waals surface area contributed by atoms with Crippen molar-refractivity contribution in [1.82, 2.24) is 4.90 Å². The van der Waals surface area contributed by atoms with Crippen molar-refractivity contribution >= 4 is 23.2 Å². The Balaban J connectivity index is 1.52. The fourth-order valence-corrected chi connectivity index (χ4v) is 3.20. The van der Waals surface area contributed by atoms with Gasteiger partial charge in [0.05, 0.1) is 18.0 Å². The lowest BCUT2D eigenvalue weighted by Crippen LogP contribution is -2.49. The molecule has 0 aliphatic carbocycles. The van der Waals surface area contributed by atoms with Gasteiger partial charge in [-0.3, -0.25) is 9.59 Å². The number of anilines is 2. The van der Waals surface area contributed by atoms with Crippen molar-refractivity contribution < 1.29 is 18.7 Å². The van der Waals surface area contributed by atoms with E-state index in [1.807, 2.05) is 17.9 Å². The van der Waals surface area contributed by atoms with Crippen LogP contribution < -0.4 is 15.0 Å². The smallest absolute Gasteiger partial charge is 0.233 e. The van der Waals surface area contributed by atoms with Crippen LogP contribution in [0.5, 0.6) is 5.75 Å². The summed E-state index contributed by atoms with van der Waals surface area (Å²) in [5.41, 5.74) is 1.09. The lowest BCUT2D eigenvalue weighted by Gasteiger charge is -2.36. The Morgan fingerprint density at radius 3 is 2.43 bits per heavy atom. The maximum atomic E-state index is 13.9. The fourth-order valence-electron chi connectivity index (χ4n) is 3.20. The number of piperazine rings is 1. The second-order valence-corrected chi connectivity index (χ2v) is 6.47. The molecule has 0 saturated carbocycles. The summed E-state index contributed by atoms with van der Waals surface area (Å²) in [5.74, 6) is -0.313. The van der Waals surface area contributed by atoms with Gasteiger partial charge >= 0.3 is 0 Å². The number of rotatable bonds is 6. The number of ether oxygens (including phenoxy) is 1. The Morgan fingerprint density at radius 2 is 1.71 bits per heavy atom. The van der Waals surface area contributed by atoms with Crippen molar-refractivity contribution in [2.75, 3.05) is 43.0 Å². The quantitative estimate of drug-likeness (QED) is 0.777. The zero-order chi connectivity index (χ0) is 19.9. The molecule has 148 valence electrons. The normalized spacial score (nSPS) is 13.9. The highest BCUT2D eigenvalue weighted by atomic mass is 19.1. The molecule has 7 heteroatoms. The van der Waals surface area contributed by atoms with Crippen LogP contribution in [-0.4, -0.2) is 49.5 Å². The number of nitrogens with zero attached hydrogens (tertiary/aromatic N) is 2. The van der Waals surface area contributed by atoms with Gasteiger partial charge in [-0.2, -0.15) is 0 Å². The number of amides is 2. The third-order valence-electron chi connectivity index (χ3n) is 4.60. The van der Waals surface area contributed by atoms with E-state index < -0.39 is 0 Å². The number of carbonyl (C=O) groups excluding carboxylic acids is 2. The number of nitrogens with one attached hydrogen (secondary N) is 1. The predicted octanol–water partition coefficient (Wildman–Crippen LogP) is 2.90. The van der Waals surface area contributed by atoms with E-state index in [-0.39, 0.29) is 24.1 Å². The van der Waals surface area contributed by atoms with Crippen LogP contribution >= 0.6 is 0 Å². The van der Waals surface area contributed by atoms with Gasteiger partial charge in [-0.15, -0.1) is 0 Å².